The van der Waals surface area contributed by atoms with Gasteiger partial charge in [-0.25, -0.2) is 4.79 Å². The molecule has 0 bridgehead atoms. The molecule has 0 atom stereocenters. The van der Waals surface area contributed by atoms with Crippen molar-refractivity contribution in [1.82, 2.24) is 0 Å². The summed E-state index contributed by atoms with van der Waals surface area (Å²) in [5.74, 6) is -1.05. The van der Waals surface area contributed by atoms with Gasteiger partial charge in [0.15, 0.2) is 0 Å². The van der Waals surface area contributed by atoms with Gasteiger partial charge in [-0.3, -0.25) is 10.1 Å². The van der Waals surface area contributed by atoms with Crippen molar-refractivity contribution < 1.29 is 14.8 Å². The second-order valence-electron chi connectivity index (χ2n) is 3.96. The molecule has 6 heteroatoms. The van der Waals surface area contributed by atoms with Crippen LogP contribution in [-0.4, -0.2) is 29.1 Å². The molecule has 1 aromatic carbocycles. The van der Waals surface area contributed by atoms with E-state index in [0.717, 1.165) is 25.9 Å². The molecule has 17 heavy (non-hydrogen) atoms. The Morgan fingerprint density at radius 2 is 2.00 bits per heavy atom. The zero-order valence-corrected chi connectivity index (χ0v) is 9.13. The van der Waals surface area contributed by atoms with Crippen molar-refractivity contribution in [1.29, 1.82) is 0 Å². The number of nitro groups is 1. The molecule has 1 aliphatic heterocycles. The molecular weight excluding hydrogens is 224 g/mol. The van der Waals surface area contributed by atoms with Gasteiger partial charge < -0.3 is 10.0 Å². The van der Waals surface area contributed by atoms with Gasteiger partial charge >= 0.3 is 5.97 Å². The predicted octanol–water partition coefficient (Wildman–Crippen LogP) is 1.89. The third-order valence-electron chi connectivity index (χ3n) is 2.87. The number of non-ortho nitro benzene ring substituents is 1. The molecule has 90 valence electrons. The van der Waals surface area contributed by atoms with Crippen molar-refractivity contribution >= 4 is 17.3 Å². The van der Waals surface area contributed by atoms with E-state index in [9.17, 15) is 14.9 Å². The number of nitro benzene ring substituents is 1. The molecule has 1 heterocycles. The first-order valence-electron chi connectivity index (χ1n) is 5.36. The molecule has 0 aliphatic carbocycles. The third-order valence-corrected chi connectivity index (χ3v) is 2.87. The first kappa shape index (κ1) is 11.4. The Kier molecular flexibility index (Phi) is 2.95. The van der Waals surface area contributed by atoms with Crippen molar-refractivity contribution in [2.24, 2.45) is 0 Å². The lowest BCUT2D eigenvalue weighted by atomic mass is 10.1. The van der Waals surface area contributed by atoms with Gasteiger partial charge in [0.2, 0.25) is 0 Å². The molecule has 1 fully saturated rings. The Hall–Kier alpha value is -2.11. The highest BCUT2D eigenvalue weighted by molar-refractivity contribution is 5.95. The number of hydrogen-bond acceptors (Lipinski definition) is 4. The van der Waals surface area contributed by atoms with Crippen molar-refractivity contribution in [2.45, 2.75) is 12.8 Å². The van der Waals surface area contributed by atoms with Gasteiger partial charge in [0.25, 0.3) is 5.69 Å². The van der Waals surface area contributed by atoms with Crippen LogP contribution in [0.3, 0.4) is 0 Å². The number of carbonyl (C=O) groups is 1. The van der Waals surface area contributed by atoms with Crippen LogP contribution in [0.15, 0.2) is 18.2 Å². The lowest BCUT2D eigenvalue weighted by molar-refractivity contribution is -0.384. The molecule has 0 radical (unpaired) electrons. The molecule has 1 aromatic rings. The van der Waals surface area contributed by atoms with Gasteiger partial charge in [-0.1, -0.05) is 0 Å². The summed E-state index contributed by atoms with van der Waals surface area (Å²) in [4.78, 5) is 23.1. The van der Waals surface area contributed by atoms with Gasteiger partial charge in [0.1, 0.15) is 0 Å². The maximum atomic E-state index is 11.1. The van der Waals surface area contributed by atoms with E-state index < -0.39 is 10.9 Å². The van der Waals surface area contributed by atoms with E-state index in [1.165, 1.54) is 18.2 Å². The summed E-state index contributed by atoms with van der Waals surface area (Å²) in [6.07, 6.45) is 1.98. The summed E-state index contributed by atoms with van der Waals surface area (Å²) in [5, 5.41) is 19.7. The topological polar surface area (TPSA) is 83.7 Å². The maximum Gasteiger partial charge on any atom is 0.337 e. The molecule has 0 amide bonds. The number of carboxylic acid groups (broad SMARTS) is 1. The average Bonchev–Trinajstić information content (AvgIpc) is 2.81. The van der Waals surface area contributed by atoms with E-state index >= 15 is 0 Å². The van der Waals surface area contributed by atoms with E-state index in [0.29, 0.717) is 5.69 Å². The first-order chi connectivity index (χ1) is 8.09. The fourth-order valence-corrected chi connectivity index (χ4v) is 2.03. The Morgan fingerprint density at radius 3 is 2.53 bits per heavy atom. The molecule has 1 N–H and O–H groups in total. The summed E-state index contributed by atoms with van der Waals surface area (Å²) in [6.45, 7) is 1.50. The van der Waals surface area contributed by atoms with Crippen LogP contribution in [0.2, 0.25) is 0 Å². The highest BCUT2D eigenvalue weighted by atomic mass is 16.6. The van der Waals surface area contributed by atoms with Crippen LogP contribution in [0.1, 0.15) is 23.2 Å². The molecule has 0 spiro atoms. The van der Waals surface area contributed by atoms with Crippen molar-refractivity contribution in [3.8, 4) is 0 Å². The van der Waals surface area contributed by atoms with Crippen LogP contribution in [-0.2, 0) is 0 Å². The zero-order chi connectivity index (χ0) is 12.4. The van der Waals surface area contributed by atoms with Gasteiger partial charge in [-0.2, -0.15) is 0 Å². The number of hydrogen-bond donors (Lipinski definition) is 1. The molecule has 0 saturated carbocycles. The predicted molar refractivity (Wildman–Crippen MR) is 61.5 cm³/mol. The number of anilines is 1. The Balaban J connectivity index is 2.46. The van der Waals surface area contributed by atoms with Crippen molar-refractivity contribution in [2.75, 3.05) is 18.0 Å². The van der Waals surface area contributed by atoms with Crippen LogP contribution in [0.4, 0.5) is 11.4 Å². The minimum absolute atomic E-state index is 0.0723. The molecule has 0 unspecified atom stereocenters. The molecule has 1 saturated heterocycles. The summed E-state index contributed by atoms with van der Waals surface area (Å²) >= 11 is 0. The van der Waals surface area contributed by atoms with Gasteiger partial charge in [-0.05, 0) is 18.9 Å². The highest BCUT2D eigenvalue weighted by Gasteiger charge is 2.21. The second kappa shape index (κ2) is 4.40. The van der Waals surface area contributed by atoms with Crippen LogP contribution in [0, 0.1) is 10.1 Å². The smallest absolute Gasteiger partial charge is 0.337 e. The third kappa shape index (κ3) is 2.20. The van der Waals surface area contributed by atoms with Crippen LogP contribution >= 0.6 is 0 Å². The van der Waals surface area contributed by atoms with E-state index in [4.69, 9.17) is 5.11 Å². The Morgan fingerprint density at radius 1 is 1.35 bits per heavy atom. The van der Waals surface area contributed by atoms with E-state index in [-0.39, 0.29) is 11.3 Å². The van der Waals surface area contributed by atoms with Crippen molar-refractivity contribution in [3.63, 3.8) is 0 Å². The van der Waals surface area contributed by atoms with Crippen molar-refractivity contribution in [3.05, 3.63) is 33.9 Å². The number of carboxylic acids is 1. The van der Waals surface area contributed by atoms with E-state index in [2.05, 4.69) is 0 Å². The Bertz CT molecular complexity index is 467. The fourth-order valence-electron chi connectivity index (χ4n) is 2.03. The van der Waals surface area contributed by atoms with E-state index in [1.54, 1.807) is 0 Å². The maximum absolute atomic E-state index is 11.1. The minimum Gasteiger partial charge on any atom is -0.478 e. The van der Waals surface area contributed by atoms with Gasteiger partial charge in [0.05, 0.1) is 16.2 Å². The zero-order valence-electron chi connectivity index (χ0n) is 9.13. The highest BCUT2D eigenvalue weighted by Crippen LogP contribution is 2.28. The molecule has 2 rings (SSSR count). The normalized spacial score (nSPS) is 14.9. The van der Waals surface area contributed by atoms with Gasteiger partial charge in [0, 0.05) is 25.2 Å². The molecule has 1 aliphatic rings. The summed E-state index contributed by atoms with van der Waals surface area (Å²) in [5.41, 5.74) is 0.499. The quantitative estimate of drug-likeness (QED) is 0.640. The molecule has 6 nitrogen and oxygen atoms in total. The lowest BCUT2D eigenvalue weighted by Gasteiger charge is -2.19. The largest absolute Gasteiger partial charge is 0.478 e. The van der Waals surface area contributed by atoms with Crippen LogP contribution in [0.25, 0.3) is 0 Å². The number of benzene rings is 1. The summed E-state index contributed by atoms with van der Waals surface area (Å²) in [7, 11) is 0. The van der Waals surface area contributed by atoms with Crippen LogP contribution in [0.5, 0.6) is 0 Å². The SMILES string of the molecule is O=C(O)c1ccc([N+](=O)[O-])cc1N1CCCC1. The van der Waals surface area contributed by atoms with Gasteiger partial charge in [-0.15, -0.1) is 0 Å². The Labute approximate surface area is 97.6 Å². The number of aromatic carboxylic acids is 1. The molecular formula is C11H12N2O4. The standard InChI is InChI=1S/C11H12N2O4/c14-11(15)9-4-3-8(13(16)17)7-10(9)12-5-1-2-6-12/h3-4,7H,1-2,5-6H2,(H,14,15). The molecule has 0 aromatic heterocycles. The number of nitrogens with zero attached hydrogens (tertiary/aromatic N) is 2. The fraction of sp³-hybridized carbons (Fsp3) is 0.364. The van der Waals surface area contributed by atoms with E-state index in [1.807, 2.05) is 4.90 Å². The number of rotatable bonds is 3. The minimum atomic E-state index is -1.05. The summed E-state index contributed by atoms with van der Waals surface area (Å²) in [6, 6.07) is 3.87. The average molecular weight is 236 g/mol. The lowest BCUT2D eigenvalue weighted by Crippen LogP contribution is -2.20. The van der Waals surface area contributed by atoms with Crippen LogP contribution < -0.4 is 4.90 Å². The monoisotopic (exact) mass is 236 g/mol. The second-order valence-corrected chi connectivity index (χ2v) is 3.96. The summed E-state index contributed by atoms with van der Waals surface area (Å²) < 4.78 is 0. The first-order valence-corrected chi connectivity index (χ1v) is 5.36.